The first-order valence-electron chi connectivity index (χ1n) is 5.44. The maximum Gasteiger partial charge on any atom is 0.408 e. The smallest absolute Gasteiger partial charge is 0.379 e. The Morgan fingerprint density at radius 1 is 1.45 bits per heavy atom. The van der Waals surface area contributed by atoms with E-state index in [-0.39, 0.29) is 4.47 Å². The van der Waals surface area contributed by atoms with E-state index in [1.807, 2.05) is 16.8 Å². The van der Waals surface area contributed by atoms with Crippen LogP contribution in [-0.4, -0.2) is 16.0 Å². The van der Waals surface area contributed by atoms with Gasteiger partial charge >= 0.3 is 6.18 Å². The van der Waals surface area contributed by atoms with Gasteiger partial charge < -0.3 is 5.32 Å². The van der Waals surface area contributed by atoms with Crippen molar-refractivity contribution in [1.82, 2.24) is 9.78 Å². The van der Waals surface area contributed by atoms with Gasteiger partial charge in [0.1, 0.15) is 11.0 Å². The van der Waals surface area contributed by atoms with Gasteiger partial charge in [-0.15, -0.1) is 0 Å². The largest absolute Gasteiger partial charge is 0.408 e. The number of hydrogen-bond donors (Lipinski definition) is 1. The minimum atomic E-state index is -4.48. The number of anilines is 1. The molecule has 9 heteroatoms. The molecule has 0 bridgehead atoms. The van der Waals surface area contributed by atoms with Gasteiger partial charge in [-0.05, 0) is 38.3 Å². The molecule has 0 aromatic carbocycles. The normalized spacial score (nSPS) is 11.6. The fourth-order valence-corrected chi connectivity index (χ4v) is 2.58. The van der Waals surface area contributed by atoms with E-state index in [1.54, 1.807) is 0 Å². The second kappa shape index (κ2) is 5.96. The molecule has 2 rings (SSSR count). The second-order valence-electron chi connectivity index (χ2n) is 3.94. The molecule has 0 unspecified atom stereocenters. The highest BCUT2D eigenvalue weighted by Gasteiger charge is 2.29. The van der Waals surface area contributed by atoms with Crippen LogP contribution in [0.25, 0.3) is 0 Å². The van der Waals surface area contributed by atoms with E-state index < -0.39 is 18.3 Å². The number of rotatable bonds is 4. The standard InChI is InChI=1S/C11H9BrF3N3OS/c12-9-8(16-3-7-1-2-20-5-7)4-17-18(10(9)19)6-11(13,14)15/h1-2,4-5,16H,3,6H2. The van der Waals surface area contributed by atoms with Crippen LogP contribution in [0.15, 0.2) is 32.3 Å². The van der Waals surface area contributed by atoms with Crippen molar-refractivity contribution in [2.45, 2.75) is 19.3 Å². The van der Waals surface area contributed by atoms with Gasteiger partial charge in [0.2, 0.25) is 0 Å². The van der Waals surface area contributed by atoms with Crippen molar-refractivity contribution in [2.75, 3.05) is 5.32 Å². The summed E-state index contributed by atoms with van der Waals surface area (Å²) < 4.78 is 37.2. The molecule has 1 N–H and O–H groups in total. The highest BCUT2D eigenvalue weighted by atomic mass is 79.9. The van der Waals surface area contributed by atoms with E-state index in [2.05, 4.69) is 26.3 Å². The van der Waals surface area contributed by atoms with Crippen LogP contribution in [0.3, 0.4) is 0 Å². The van der Waals surface area contributed by atoms with Crippen LogP contribution >= 0.6 is 27.3 Å². The maximum atomic E-state index is 12.3. The van der Waals surface area contributed by atoms with Crippen LogP contribution in [-0.2, 0) is 13.1 Å². The Labute approximate surface area is 124 Å². The number of nitrogens with one attached hydrogen (secondary N) is 1. The molecule has 4 nitrogen and oxygen atoms in total. The third-order valence-electron chi connectivity index (χ3n) is 2.38. The summed E-state index contributed by atoms with van der Waals surface area (Å²) in [6.45, 7) is -0.943. The van der Waals surface area contributed by atoms with Crippen molar-refractivity contribution in [3.63, 3.8) is 0 Å². The molecule has 0 atom stereocenters. The van der Waals surface area contributed by atoms with Gasteiger partial charge in [-0.3, -0.25) is 4.79 Å². The highest BCUT2D eigenvalue weighted by molar-refractivity contribution is 9.10. The summed E-state index contributed by atoms with van der Waals surface area (Å²) in [4.78, 5) is 11.7. The molecule has 2 aromatic rings. The van der Waals surface area contributed by atoms with Crippen molar-refractivity contribution >= 4 is 33.0 Å². The minimum Gasteiger partial charge on any atom is -0.379 e. The minimum absolute atomic E-state index is 0.0342. The molecular weight excluding hydrogens is 359 g/mol. The average molecular weight is 368 g/mol. The third-order valence-corrected chi connectivity index (χ3v) is 3.88. The Morgan fingerprint density at radius 3 is 2.80 bits per heavy atom. The fraction of sp³-hybridized carbons (Fsp3) is 0.273. The van der Waals surface area contributed by atoms with Crippen molar-refractivity contribution in [1.29, 1.82) is 0 Å². The lowest BCUT2D eigenvalue weighted by molar-refractivity contribution is -0.143. The topological polar surface area (TPSA) is 46.9 Å². The summed E-state index contributed by atoms with van der Waals surface area (Å²) in [7, 11) is 0. The van der Waals surface area contributed by atoms with Crippen LogP contribution in [0.5, 0.6) is 0 Å². The van der Waals surface area contributed by atoms with Crippen molar-refractivity contribution < 1.29 is 13.2 Å². The Bertz CT molecular complexity index is 639. The molecule has 0 aliphatic heterocycles. The zero-order chi connectivity index (χ0) is 14.8. The number of alkyl halides is 3. The summed E-state index contributed by atoms with van der Waals surface area (Å²) in [5, 5.41) is 10.3. The van der Waals surface area contributed by atoms with E-state index in [0.29, 0.717) is 16.9 Å². The molecular formula is C11H9BrF3N3OS. The first-order chi connectivity index (χ1) is 9.37. The summed E-state index contributed by atoms with van der Waals surface area (Å²) in [6.07, 6.45) is -3.29. The lowest BCUT2D eigenvalue weighted by atomic mass is 10.3. The summed E-state index contributed by atoms with van der Waals surface area (Å²) in [5.41, 5.74) is 0.554. The Balaban J connectivity index is 2.16. The average Bonchev–Trinajstić information content (AvgIpc) is 2.86. The van der Waals surface area contributed by atoms with Gasteiger partial charge in [-0.25, -0.2) is 4.68 Å². The predicted molar refractivity (Wildman–Crippen MR) is 73.9 cm³/mol. The van der Waals surface area contributed by atoms with Crippen molar-refractivity contribution in [2.24, 2.45) is 0 Å². The maximum absolute atomic E-state index is 12.3. The molecule has 2 aromatic heterocycles. The lowest BCUT2D eigenvalue weighted by Gasteiger charge is -2.11. The molecule has 108 valence electrons. The van der Waals surface area contributed by atoms with Crippen LogP contribution in [0.1, 0.15) is 5.56 Å². The molecule has 0 aliphatic carbocycles. The highest BCUT2D eigenvalue weighted by Crippen LogP contribution is 2.20. The number of thiophene rings is 1. The number of aromatic nitrogens is 2. The summed E-state index contributed by atoms with van der Waals surface area (Å²) >= 11 is 4.53. The summed E-state index contributed by atoms with van der Waals surface area (Å²) in [5.74, 6) is 0. The Kier molecular flexibility index (Phi) is 4.48. The molecule has 0 saturated carbocycles. The quantitative estimate of drug-likeness (QED) is 0.902. The van der Waals surface area contributed by atoms with Crippen LogP contribution in [0.2, 0.25) is 0 Å². The van der Waals surface area contributed by atoms with Gasteiger partial charge in [-0.2, -0.15) is 29.6 Å². The van der Waals surface area contributed by atoms with Crippen LogP contribution in [0, 0.1) is 0 Å². The molecule has 2 heterocycles. The van der Waals surface area contributed by atoms with Crippen molar-refractivity contribution in [3.8, 4) is 0 Å². The van der Waals surface area contributed by atoms with E-state index in [1.165, 1.54) is 17.5 Å². The van der Waals surface area contributed by atoms with Crippen molar-refractivity contribution in [3.05, 3.63) is 43.4 Å². The van der Waals surface area contributed by atoms with E-state index >= 15 is 0 Å². The molecule has 0 fully saturated rings. The molecule has 0 saturated heterocycles. The zero-order valence-electron chi connectivity index (χ0n) is 9.95. The predicted octanol–water partition coefficient (Wildman–Crippen LogP) is 3.24. The number of halogens is 4. The van der Waals surface area contributed by atoms with Gasteiger partial charge in [0, 0.05) is 6.54 Å². The molecule has 0 aliphatic rings. The lowest BCUT2D eigenvalue weighted by Crippen LogP contribution is -2.31. The van der Waals surface area contributed by atoms with E-state index in [0.717, 1.165) is 5.56 Å². The van der Waals surface area contributed by atoms with Crippen LogP contribution in [0.4, 0.5) is 18.9 Å². The number of hydrogen-bond acceptors (Lipinski definition) is 4. The molecule has 0 spiro atoms. The second-order valence-corrected chi connectivity index (χ2v) is 5.51. The zero-order valence-corrected chi connectivity index (χ0v) is 12.3. The SMILES string of the molecule is O=c1c(Br)c(NCc2ccsc2)cnn1CC(F)(F)F. The van der Waals surface area contributed by atoms with Gasteiger partial charge in [-0.1, -0.05) is 0 Å². The molecule has 0 radical (unpaired) electrons. The third kappa shape index (κ3) is 3.83. The molecule has 20 heavy (non-hydrogen) atoms. The van der Waals surface area contributed by atoms with Crippen LogP contribution < -0.4 is 10.9 Å². The van der Waals surface area contributed by atoms with E-state index in [4.69, 9.17) is 0 Å². The first kappa shape index (κ1) is 15.0. The monoisotopic (exact) mass is 367 g/mol. The van der Waals surface area contributed by atoms with E-state index in [9.17, 15) is 18.0 Å². The van der Waals surface area contributed by atoms with Gasteiger partial charge in [0.25, 0.3) is 5.56 Å². The Hall–Kier alpha value is -1.35. The summed E-state index contributed by atoms with van der Waals surface area (Å²) in [6, 6.07) is 1.91. The fourth-order valence-electron chi connectivity index (χ4n) is 1.46. The van der Waals surface area contributed by atoms with Gasteiger partial charge in [0.05, 0.1) is 11.9 Å². The Morgan fingerprint density at radius 2 is 2.20 bits per heavy atom. The number of nitrogens with zero attached hydrogens (tertiary/aromatic N) is 2. The molecule has 0 amide bonds. The first-order valence-corrected chi connectivity index (χ1v) is 7.18. The van der Waals surface area contributed by atoms with Gasteiger partial charge in [0.15, 0.2) is 0 Å².